The molecule has 1 aliphatic carbocycles. The Kier molecular flexibility index (Phi) is 4.00. The zero-order chi connectivity index (χ0) is 16.6. The van der Waals surface area contributed by atoms with Gasteiger partial charge in [0, 0.05) is 17.1 Å². The van der Waals surface area contributed by atoms with Crippen molar-refractivity contribution in [2.75, 3.05) is 7.11 Å². The molecule has 0 saturated heterocycles. The van der Waals surface area contributed by atoms with Crippen molar-refractivity contribution in [3.8, 4) is 0 Å². The number of hydrogen-bond donors (Lipinski definition) is 1. The van der Waals surface area contributed by atoms with Gasteiger partial charge < -0.3 is 14.6 Å². The fourth-order valence-electron chi connectivity index (χ4n) is 3.07. The maximum Gasteiger partial charge on any atom is 0.337 e. The Balaban J connectivity index is 1.89. The van der Waals surface area contributed by atoms with Gasteiger partial charge in [0.25, 0.3) is 0 Å². The van der Waals surface area contributed by atoms with Crippen LogP contribution in [0.4, 0.5) is 4.39 Å². The molecule has 3 rings (SSSR count). The average Bonchev–Trinajstić information content (AvgIpc) is 3.00. The van der Waals surface area contributed by atoms with Gasteiger partial charge in [-0.3, -0.25) is 4.79 Å². The van der Waals surface area contributed by atoms with E-state index >= 15 is 0 Å². The van der Waals surface area contributed by atoms with Crippen LogP contribution >= 0.6 is 0 Å². The summed E-state index contributed by atoms with van der Waals surface area (Å²) in [6, 6.07) is 5.18. The smallest absolute Gasteiger partial charge is 0.337 e. The number of allylic oxidation sites excluding steroid dienone is 1. The lowest BCUT2D eigenvalue weighted by molar-refractivity contribution is -0.141. The number of ether oxygens (including phenoxy) is 2. The van der Waals surface area contributed by atoms with Crippen molar-refractivity contribution in [3.05, 3.63) is 59.1 Å². The first kappa shape index (κ1) is 15.4. The summed E-state index contributed by atoms with van der Waals surface area (Å²) >= 11 is 0. The number of halogens is 1. The second kappa shape index (κ2) is 5.96. The van der Waals surface area contributed by atoms with Crippen LogP contribution in [0.15, 0.2) is 47.7 Å². The van der Waals surface area contributed by atoms with Crippen molar-refractivity contribution in [1.29, 1.82) is 0 Å². The number of aliphatic hydroxyl groups is 1. The van der Waals surface area contributed by atoms with E-state index in [1.54, 1.807) is 6.08 Å². The van der Waals surface area contributed by atoms with E-state index in [1.165, 1.54) is 37.6 Å². The molecular weight excluding hydrogens is 303 g/mol. The van der Waals surface area contributed by atoms with Crippen molar-refractivity contribution in [3.63, 3.8) is 0 Å². The highest BCUT2D eigenvalue weighted by Gasteiger charge is 2.45. The first-order chi connectivity index (χ1) is 11.0. The van der Waals surface area contributed by atoms with Crippen LogP contribution < -0.4 is 0 Å². The van der Waals surface area contributed by atoms with Crippen LogP contribution in [-0.4, -0.2) is 30.3 Å². The number of Topliss-reactive ketones (excluding diaryl/α,β-unsaturated/α-hetero) is 1. The van der Waals surface area contributed by atoms with Crippen molar-refractivity contribution in [2.45, 2.75) is 12.7 Å². The molecule has 0 aromatic heterocycles. The monoisotopic (exact) mass is 318 g/mol. The third kappa shape index (κ3) is 2.66. The molecule has 0 spiro atoms. The second-order valence-electron chi connectivity index (χ2n) is 5.45. The minimum absolute atomic E-state index is 0.293. The molecule has 0 fully saturated rings. The van der Waals surface area contributed by atoms with E-state index < -0.39 is 24.0 Å². The topological polar surface area (TPSA) is 72.8 Å². The van der Waals surface area contributed by atoms with Crippen molar-refractivity contribution >= 4 is 11.8 Å². The van der Waals surface area contributed by atoms with E-state index in [2.05, 4.69) is 0 Å². The molecule has 1 aromatic rings. The largest absolute Gasteiger partial charge is 0.471 e. The van der Waals surface area contributed by atoms with Crippen LogP contribution in [0.25, 0.3) is 0 Å². The summed E-state index contributed by atoms with van der Waals surface area (Å²) in [5.74, 6) is -2.31. The molecule has 3 unspecified atom stereocenters. The highest BCUT2D eigenvalue weighted by molar-refractivity contribution is 6.09. The number of carbonyl (C=O) groups excluding carboxylic acids is 2. The minimum Gasteiger partial charge on any atom is -0.471 e. The Morgan fingerprint density at radius 2 is 1.96 bits per heavy atom. The van der Waals surface area contributed by atoms with Crippen molar-refractivity contribution < 1.29 is 28.6 Å². The lowest BCUT2D eigenvalue weighted by atomic mass is 9.81. The number of aliphatic hydroxyl groups excluding tert-OH is 1. The molecular formula is C17H15FO5. The summed E-state index contributed by atoms with van der Waals surface area (Å²) in [7, 11) is 1.26. The Hall–Kier alpha value is -2.47. The zero-order valence-electron chi connectivity index (χ0n) is 12.4. The van der Waals surface area contributed by atoms with Gasteiger partial charge in [0.05, 0.1) is 24.9 Å². The summed E-state index contributed by atoms with van der Waals surface area (Å²) in [6.45, 7) is 0. The van der Waals surface area contributed by atoms with Crippen LogP contribution in [0.5, 0.6) is 0 Å². The van der Waals surface area contributed by atoms with Gasteiger partial charge in [0.15, 0.2) is 5.78 Å². The number of fused-ring (bicyclic) bond motifs is 1. The number of methoxy groups -OCH3 is 1. The Morgan fingerprint density at radius 1 is 1.26 bits per heavy atom. The van der Waals surface area contributed by atoms with E-state index in [0.717, 1.165) is 0 Å². The molecule has 1 N–H and O–H groups in total. The van der Waals surface area contributed by atoms with Gasteiger partial charge in [-0.25, -0.2) is 9.18 Å². The van der Waals surface area contributed by atoms with Crippen LogP contribution in [0.3, 0.4) is 0 Å². The van der Waals surface area contributed by atoms with Crippen LogP contribution in [0.2, 0.25) is 0 Å². The van der Waals surface area contributed by atoms with E-state index in [9.17, 15) is 19.1 Å². The third-order valence-corrected chi connectivity index (χ3v) is 4.22. The van der Waals surface area contributed by atoms with Crippen molar-refractivity contribution in [2.24, 2.45) is 11.8 Å². The Morgan fingerprint density at radius 3 is 2.61 bits per heavy atom. The maximum absolute atomic E-state index is 13.0. The van der Waals surface area contributed by atoms with E-state index in [0.29, 0.717) is 23.1 Å². The van der Waals surface area contributed by atoms with Gasteiger partial charge in [-0.05, 0) is 30.7 Å². The summed E-state index contributed by atoms with van der Waals surface area (Å²) in [5, 5.41) is 10.1. The lowest BCUT2D eigenvalue weighted by Crippen LogP contribution is -2.36. The molecule has 1 aromatic carbocycles. The van der Waals surface area contributed by atoms with Crippen LogP contribution in [0.1, 0.15) is 16.8 Å². The predicted molar refractivity (Wildman–Crippen MR) is 77.6 cm³/mol. The summed E-state index contributed by atoms with van der Waals surface area (Å²) in [5.41, 5.74) is 0.976. The maximum atomic E-state index is 13.0. The molecule has 0 saturated carbocycles. The fourth-order valence-corrected chi connectivity index (χ4v) is 3.07. The second-order valence-corrected chi connectivity index (χ2v) is 5.45. The Bertz CT molecular complexity index is 704. The molecule has 23 heavy (non-hydrogen) atoms. The SMILES string of the molecule is COC(=O)C1=COC(O)C2C(C(=O)c3ccc(F)cc3)=CCC12. The molecule has 3 atom stereocenters. The number of ketones is 1. The zero-order valence-corrected chi connectivity index (χ0v) is 12.4. The predicted octanol–water partition coefficient (Wildman–Crippen LogP) is 1.98. The van der Waals surface area contributed by atoms with Gasteiger partial charge in [-0.1, -0.05) is 6.08 Å². The molecule has 1 aliphatic heterocycles. The van der Waals surface area contributed by atoms with Gasteiger partial charge in [-0.15, -0.1) is 0 Å². The average molecular weight is 318 g/mol. The number of benzene rings is 1. The number of esters is 1. The number of hydrogen-bond acceptors (Lipinski definition) is 5. The number of rotatable bonds is 3. The minimum atomic E-state index is -1.22. The van der Waals surface area contributed by atoms with Crippen LogP contribution in [0, 0.1) is 17.7 Å². The standard InChI is InChI=1S/C17H15FO5/c1-22-16(20)13-8-23-17(21)14-11(13)6-7-12(14)15(19)9-2-4-10(18)5-3-9/h2-5,7-8,11,14,17,21H,6H2,1H3. The molecule has 2 aliphatic rings. The first-order valence-corrected chi connectivity index (χ1v) is 7.15. The van der Waals surface area contributed by atoms with Gasteiger partial charge in [0.2, 0.25) is 6.29 Å². The highest BCUT2D eigenvalue weighted by atomic mass is 19.1. The normalized spacial score (nSPS) is 25.8. The number of carbonyl (C=O) groups is 2. The third-order valence-electron chi connectivity index (χ3n) is 4.22. The molecule has 5 nitrogen and oxygen atoms in total. The van der Waals surface area contributed by atoms with Gasteiger partial charge >= 0.3 is 5.97 Å². The first-order valence-electron chi connectivity index (χ1n) is 7.15. The van der Waals surface area contributed by atoms with Crippen molar-refractivity contribution in [1.82, 2.24) is 0 Å². The molecule has 120 valence electrons. The Labute approximate surface area is 132 Å². The summed E-state index contributed by atoms with van der Waals surface area (Å²) < 4.78 is 22.8. The summed E-state index contributed by atoms with van der Waals surface area (Å²) in [4.78, 5) is 24.4. The lowest BCUT2D eigenvalue weighted by Gasteiger charge is -2.31. The quantitative estimate of drug-likeness (QED) is 0.681. The molecule has 0 bridgehead atoms. The van der Waals surface area contributed by atoms with E-state index in [4.69, 9.17) is 9.47 Å². The molecule has 6 heteroatoms. The molecule has 0 amide bonds. The van der Waals surface area contributed by atoms with E-state index in [1.807, 2.05) is 0 Å². The fraction of sp³-hybridized carbons (Fsp3) is 0.294. The van der Waals surface area contributed by atoms with Gasteiger partial charge in [0.1, 0.15) is 5.82 Å². The molecule has 1 heterocycles. The van der Waals surface area contributed by atoms with Gasteiger partial charge in [-0.2, -0.15) is 0 Å². The molecule has 0 radical (unpaired) electrons. The highest BCUT2D eigenvalue weighted by Crippen LogP contribution is 2.43. The summed E-state index contributed by atoms with van der Waals surface area (Å²) in [6.07, 6.45) is 2.09. The van der Waals surface area contributed by atoms with Crippen LogP contribution in [-0.2, 0) is 14.3 Å². The van der Waals surface area contributed by atoms with E-state index in [-0.39, 0.29) is 11.7 Å².